The zero-order chi connectivity index (χ0) is 23.8. The number of anilines is 1. The van der Waals surface area contributed by atoms with Gasteiger partial charge in [0.15, 0.2) is 0 Å². The summed E-state index contributed by atoms with van der Waals surface area (Å²) in [4.78, 5) is 13.3. The lowest BCUT2D eigenvalue weighted by atomic mass is 10.1. The van der Waals surface area contributed by atoms with E-state index < -0.39 is 22.0 Å². The van der Waals surface area contributed by atoms with E-state index in [2.05, 4.69) is 10.0 Å². The van der Waals surface area contributed by atoms with Gasteiger partial charge >= 0.3 is 0 Å². The fourth-order valence-corrected chi connectivity index (χ4v) is 4.51. The van der Waals surface area contributed by atoms with Gasteiger partial charge in [-0.3, -0.25) is 4.79 Å². The normalized spacial score (nSPS) is 12.1. The number of amides is 1. The first-order chi connectivity index (χ1) is 15.8. The summed E-state index contributed by atoms with van der Waals surface area (Å²) in [5.41, 5.74) is 2.23. The molecule has 174 valence electrons. The Bertz CT molecular complexity index is 1180. The smallest absolute Gasteiger partial charge is 0.243 e. The van der Waals surface area contributed by atoms with Gasteiger partial charge in [0, 0.05) is 0 Å². The number of nitrogens with one attached hydrogen (secondary N) is 2. The number of sulfonamides is 1. The van der Waals surface area contributed by atoms with Crippen LogP contribution in [-0.2, 0) is 21.2 Å². The van der Waals surface area contributed by atoms with Crippen molar-refractivity contribution in [3.05, 3.63) is 83.9 Å². The molecule has 0 aliphatic rings. The Hall–Kier alpha value is -3.36. The molecule has 0 aromatic heterocycles. The van der Waals surface area contributed by atoms with Crippen LogP contribution in [0.15, 0.2) is 77.7 Å². The van der Waals surface area contributed by atoms with Crippen molar-refractivity contribution in [2.75, 3.05) is 19.0 Å². The Balaban J connectivity index is 1.87. The van der Waals surface area contributed by atoms with Crippen molar-refractivity contribution in [3.8, 4) is 11.5 Å². The molecule has 0 fully saturated rings. The van der Waals surface area contributed by atoms with E-state index in [-0.39, 0.29) is 11.3 Å². The van der Waals surface area contributed by atoms with E-state index in [4.69, 9.17) is 9.47 Å². The van der Waals surface area contributed by atoms with Gasteiger partial charge in [-0.1, -0.05) is 36.4 Å². The average molecular weight is 469 g/mol. The number of ether oxygens (including phenoxy) is 2. The van der Waals surface area contributed by atoms with Crippen LogP contribution in [0.25, 0.3) is 0 Å². The molecule has 7 nitrogen and oxygen atoms in total. The monoisotopic (exact) mass is 468 g/mol. The highest BCUT2D eigenvalue weighted by Crippen LogP contribution is 2.26. The zero-order valence-corrected chi connectivity index (χ0v) is 19.7. The van der Waals surface area contributed by atoms with Crippen molar-refractivity contribution >= 4 is 21.6 Å². The molecule has 3 rings (SSSR count). The summed E-state index contributed by atoms with van der Waals surface area (Å²) in [6.45, 7) is 4.22. The highest BCUT2D eigenvalue weighted by atomic mass is 32.2. The quantitative estimate of drug-likeness (QED) is 0.470. The fourth-order valence-electron chi connectivity index (χ4n) is 3.31. The minimum absolute atomic E-state index is 0.0463. The van der Waals surface area contributed by atoms with E-state index >= 15 is 0 Å². The number of aryl methyl sites for hydroxylation is 1. The molecular weight excluding hydrogens is 440 g/mol. The highest BCUT2D eigenvalue weighted by Gasteiger charge is 2.27. The number of methoxy groups -OCH3 is 1. The minimum atomic E-state index is -3.97. The molecule has 3 aromatic carbocycles. The van der Waals surface area contributed by atoms with Crippen LogP contribution in [0.3, 0.4) is 0 Å². The number of benzene rings is 3. The van der Waals surface area contributed by atoms with Crippen LogP contribution >= 0.6 is 0 Å². The van der Waals surface area contributed by atoms with Gasteiger partial charge in [0.1, 0.15) is 17.5 Å². The first-order valence-corrected chi connectivity index (χ1v) is 12.1. The maximum Gasteiger partial charge on any atom is 0.243 e. The number of hydrogen-bond donors (Lipinski definition) is 2. The second kappa shape index (κ2) is 11.0. The number of hydrogen-bond acceptors (Lipinski definition) is 5. The maximum absolute atomic E-state index is 13.2. The highest BCUT2D eigenvalue weighted by molar-refractivity contribution is 7.89. The maximum atomic E-state index is 13.2. The van der Waals surface area contributed by atoms with Gasteiger partial charge in [-0.15, -0.1) is 0 Å². The average Bonchev–Trinajstić information content (AvgIpc) is 2.80. The van der Waals surface area contributed by atoms with Crippen LogP contribution in [0, 0.1) is 6.92 Å². The Morgan fingerprint density at radius 1 is 1.00 bits per heavy atom. The largest absolute Gasteiger partial charge is 0.495 e. The third kappa shape index (κ3) is 6.57. The Kier molecular flexibility index (Phi) is 8.08. The molecule has 3 aromatic rings. The van der Waals surface area contributed by atoms with Gasteiger partial charge in [-0.05, 0) is 67.8 Å². The van der Waals surface area contributed by atoms with Crippen LogP contribution in [0.1, 0.15) is 18.1 Å². The SMILES string of the molecule is CCOc1ccc(S(=O)(=O)N[C@@H](Cc2ccccc2)C(=O)Nc2cc(C)ccc2OC)cc1. The van der Waals surface area contributed by atoms with Gasteiger partial charge in [0.05, 0.1) is 24.3 Å². The summed E-state index contributed by atoms with van der Waals surface area (Å²) < 4.78 is 39.4. The number of rotatable bonds is 10. The predicted octanol–water partition coefficient (Wildman–Crippen LogP) is 3.93. The molecule has 1 atom stereocenters. The summed E-state index contributed by atoms with van der Waals surface area (Å²) in [6.07, 6.45) is 0.178. The van der Waals surface area contributed by atoms with E-state index in [1.165, 1.54) is 19.2 Å². The van der Waals surface area contributed by atoms with Gasteiger partial charge in [-0.2, -0.15) is 4.72 Å². The minimum Gasteiger partial charge on any atom is -0.495 e. The Morgan fingerprint density at radius 3 is 2.33 bits per heavy atom. The number of carbonyl (C=O) groups is 1. The lowest BCUT2D eigenvalue weighted by Crippen LogP contribution is -2.45. The standard InChI is InChI=1S/C25H28N2O5S/c1-4-32-20-11-13-21(14-12-20)33(29,30)27-23(17-19-8-6-5-7-9-19)25(28)26-22-16-18(2)10-15-24(22)31-3/h5-16,23,27H,4,17H2,1-3H3,(H,26,28)/t23-/m0/s1. The Morgan fingerprint density at radius 2 is 1.70 bits per heavy atom. The van der Waals surface area contributed by atoms with Crippen molar-refractivity contribution in [2.45, 2.75) is 31.2 Å². The summed E-state index contributed by atoms with van der Waals surface area (Å²) >= 11 is 0. The molecule has 1 amide bonds. The predicted molar refractivity (Wildman–Crippen MR) is 128 cm³/mol. The molecule has 0 saturated heterocycles. The Labute approximate surface area is 194 Å². The fraction of sp³-hybridized carbons (Fsp3) is 0.240. The van der Waals surface area contributed by atoms with E-state index in [9.17, 15) is 13.2 Å². The third-order valence-electron chi connectivity index (χ3n) is 4.95. The molecule has 0 aliphatic carbocycles. The van der Waals surface area contributed by atoms with Crippen LogP contribution in [0.2, 0.25) is 0 Å². The topological polar surface area (TPSA) is 93.7 Å². The van der Waals surface area contributed by atoms with Crippen LogP contribution in [-0.4, -0.2) is 34.1 Å². The van der Waals surface area contributed by atoms with Gasteiger partial charge in [0.25, 0.3) is 0 Å². The first kappa shape index (κ1) is 24.3. The lowest BCUT2D eigenvalue weighted by molar-refractivity contribution is -0.117. The van der Waals surface area contributed by atoms with Crippen molar-refractivity contribution in [1.29, 1.82) is 0 Å². The molecule has 0 heterocycles. The van der Waals surface area contributed by atoms with E-state index in [0.717, 1.165) is 11.1 Å². The zero-order valence-electron chi connectivity index (χ0n) is 18.9. The van der Waals surface area contributed by atoms with E-state index in [0.29, 0.717) is 23.8 Å². The molecule has 0 saturated carbocycles. The molecule has 0 unspecified atom stereocenters. The molecule has 0 spiro atoms. The summed E-state index contributed by atoms with van der Waals surface area (Å²) in [5.74, 6) is 0.570. The van der Waals surface area contributed by atoms with E-state index in [1.54, 1.807) is 24.3 Å². The van der Waals surface area contributed by atoms with Crippen LogP contribution in [0.4, 0.5) is 5.69 Å². The van der Waals surface area contributed by atoms with Gasteiger partial charge < -0.3 is 14.8 Å². The molecular formula is C25H28N2O5S. The molecule has 0 aliphatic heterocycles. The second-order valence-electron chi connectivity index (χ2n) is 7.46. The molecule has 0 radical (unpaired) electrons. The van der Waals surface area contributed by atoms with Gasteiger partial charge in [0.2, 0.25) is 15.9 Å². The van der Waals surface area contributed by atoms with Crippen LogP contribution in [0.5, 0.6) is 11.5 Å². The molecule has 33 heavy (non-hydrogen) atoms. The third-order valence-corrected chi connectivity index (χ3v) is 6.44. The lowest BCUT2D eigenvalue weighted by Gasteiger charge is -2.20. The van der Waals surface area contributed by atoms with Crippen molar-refractivity contribution in [2.24, 2.45) is 0 Å². The molecule has 2 N–H and O–H groups in total. The van der Waals surface area contributed by atoms with E-state index in [1.807, 2.05) is 50.2 Å². The second-order valence-corrected chi connectivity index (χ2v) is 9.17. The summed E-state index contributed by atoms with van der Waals surface area (Å²) in [7, 11) is -2.46. The van der Waals surface area contributed by atoms with Crippen molar-refractivity contribution in [1.82, 2.24) is 4.72 Å². The first-order valence-electron chi connectivity index (χ1n) is 10.6. The number of carbonyl (C=O) groups excluding carboxylic acids is 1. The van der Waals surface area contributed by atoms with Gasteiger partial charge in [-0.25, -0.2) is 8.42 Å². The molecule has 0 bridgehead atoms. The summed E-state index contributed by atoms with van der Waals surface area (Å²) in [6, 6.07) is 19.7. The van der Waals surface area contributed by atoms with Crippen molar-refractivity contribution < 1.29 is 22.7 Å². The molecule has 8 heteroatoms. The van der Waals surface area contributed by atoms with Crippen molar-refractivity contribution in [3.63, 3.8) is 0 Å². The summed E-state index contributed by atoms with van der Waals surface area (Å²) in [5, 5.41) is 2.81. The van der Waals surface area contributed by atoms with Crippen LogP contribution < -0.4 is 19.5 Å².